The third-order valence-electron chi connectivity index (χ3n) is 2.47. The van der Waals surface area contributed by atoms with E-state index >= 15 is 0 Å². The minimum atomic E-state index is -0.175. The van der Waals surface area contributed by atoms with Crippen LogP contribution >= 0.6 is 24.0 Å². The molecule has 0 aliphatic carbocycles. The van der Waals surface area contributed by atoms with Gasteiger partial charge in [-0.05, 0) is 32.2 Å². The Bertz CT molecular complexity index is 433. The van der Waals surface area contributed by atoms with Gasteiger partial charge in [0, 0.05) is 23.3 Å². The molecule has 0 aliphatic heterocycles. The Labute approximate surface area is 118 Å². The van der Waals surface area contributed by atoms with Gasteiger partial charge in [0.05, 0.1) is 12.1 Å². The third-order valence-corrected chi connectivity index (χ3v) is 3.45. The van der Waals surface area contributed by atoms with Gasteiger partial charge in [0.15, 0.2) is 0 Å². The predicted molar refractivity (Wildman–Crippen MR) is 83.7 cm³/mol. The molecule has 0 heterocycles. The summed E-state index contributed by atoms with van der Waals surface area (Å²) < 4.78 is 5.20. The second-order valence-electron chi connectivity index (χ2n) is 4.69. The van der Waals surface area contributed by atoms with Gasteiger partial charge in [0.1, 0.15) is 4.99 Å². The van der Waals surface area contributed by atoms with Crippen LogP contribution in [0, 0.1) is 0 Å². The van der Waals surface area contributed by atoms with E-state index in [2.05, 4.69) is 19.2 Å². The Balaban J connectivity index is 3.12. The first-order valence-corrected chi connectivity index (χ1v) is 7.28. The zero-order valence-corrected chi connectivity index (χ0v) is 12.9. The summed E-state index contributed by atoms with van der Waals surface area (Å²) in [7, 11) is 1.69. The first-order chi connectivity index (χ1) is 8.41. The second kappa shape index (κ2) is 6.41. The lowest BCUT2D eigenvalue weighted by Crippen LogP contribution is -2.36. The van der Waals surface area contributed by atoms with Gasteiger partial charge in [-0.1, -0.05) is 18.3 Å². The Kier molecular flexibility index (Phi) is 5.44. The lowest BCUT2D eigenvalue weighted by atomic mass is 10.0. The van der Waals surface area contributed by atoms with Crippen LogP contribution in [0.1, 0.15) is 19.4 Å². The quantitative estimate of drug-likeness (QED) is 0.621. The fraction of sp³-hybridized carbons (Fsp3) is 0.462. The highest BCUT2D eigenvalue weighted by atomic mass is 32.2. The van der Waals surface area contributed by atoms with Gasteiger partial charge in [0.25, 0.3) is 0 Å². The monoisotopic (exact) mass is 284 g/mol. The molecule has 3 nitrogen and oxygen atoms in total. The molecular formula is C13H20N2OS2. The van der Waals surface area contributed by atoms with Gasteiger partial charge < -0.3 is 15.8 Å². The van der Waals surface area contributed by atoms with Crippen LogP contribution in [0.15, 0.2) is 23.1 Å². The largest absolute Gasteiger partial charge is 0.389 e. The van der Waals surface area contributed by atoms with Crippen LogP contribution in [-0.4, -0.2) is 30.5 Å². The van der Waals surface area contributed by atoms with Gasteiger partial charge in [-0.25, -0.2) is 0 Å². The lowest BCUT2D eigenvalue weighted by molar-refractivity contribution is 0.158. The standard InChI is InChI=1S/C13H20N2OS2/c1-13(2,8-16-3)15-9-6-5-7-10(18-4)11(9)12(14)17/h5-7,15H,8H2,1-4H3,(H2,14,17). The van der Waals surface area contributed by atoms with Crippen molar-refractivity contribution in [2.45, 2.75) is 24.3 Å². The highest BCUT2D eigenvalue weighted by molar-refractivity contribution is 7.98. The second-order valence-corrected chi connectivity index (χ2v) is 5.98. The molecule has 0 bridgehead atoms. The van der Waals surface area contributed by atoms with Gasteiger partial charge in [-0.3, -0.25) is 0 Å². The van der Waals surface area contributed by atoms with Crippen LogP contribution in [0.5, 0.6) is 0 Å². The normalized spacial score (nSPS) is 11.3. The van der Waals surface area contributed by atoms with E-state index in [0.717, 1.165) is 16.1 Å². The Morgan fingerprint density at radius 1 is 1.50 bits per heavy atom. The summed E-state index contributed by atoms with van der Waals surface area (Å²) >= 11 is 6.79. The number of ether oxygens (including phenoxy) is 1. The van der Waals surface area contributed by atoms with Crippen molar-refractivity contribution in [1.29, 1.82) is 0 Å². The van der Waals surface area contributed by atoms with Crippen molar-refractivity contribution in [3.8, 4) is 0 Å². The SMILES string of the molecule is COCC(C)(C)Nc1cccc(SC)c1C(N)=S. The van der Waals surface area contributed by atoms with Gasteiger partial charge in [0.2, 0.25) is 0 Å². The highest BCUT2D eigenvalue weighted by Crippen LogP contribution is 2.29. The molecule has 0 amide bonds. The number of thioether (sulfide) groups is 1. The van der Waals surface area contributed by atoms with Crippen molar-refractivity contribution in [2.24, 2.45) is 5.73 Å². The van der Waals surface area contributed by atoms with Crippen molar-refractivity contribution in [3.63, 3.8) is 0 Å². The van der Waals surface area contributed by atoms with E-state index in [0.29, 0.717) is 11.6 Å². The lowest BCUT2D eigenvalue weighted by Gasteiger charge is -2.28. The molecule has 3 N–H and O–H groups in total. The summed E-state index contributed by atoms with van der Waals surface area (Å²) in [5.74, 6) is 0. The van der Waals surface area contributed by atoms with Crippen molar-refractivity contribution < 1.29 is 4.74 Å². The number of anilines is 1. The Morgan fingerprint density at radius 3 is 2.67 bits per heavy atom. The van der Waals surface area contributed by atoms with E-state index in [1.165, 1.54) is 0 Å². The molecule has 0 fully saturated rings. The first-order valence-electron chi connectivity index (χ1n) is 5.65. The molecule has 100 valence electrons. The van der Waals surface area contributed by atoms with Gasteiger partial charge in [-0.2, -0.15) is 0 Å². The first kappa shape index (κ1) is 15.3. The number of nitrogens with one attached hydrogen (secondary N) is 1. The molecule has 0 saturated heterocycles. The zero-order valence-electron chi connectivity index (χ0n) is 11.2. The van der Waals surface area contributed by atoms with E-state index in [-0.39, 0.29) is 5.54 Å². The van der Waals surface area contributed by atoms with Crippen LogP contribution < -0.4 is 11.1 Å². The number of nitrogens with two attached hydrogens (primary N) is 1. The average Bonchev–Trinajstić information content (AvgIpc) is 2.27. The average molecular weight is 284 g/mol. The molecule has 1 rings (SSSR count). The topological polar surface area (TPSA) is 47.3 Å². The Morgan fingerprint density at radius 2 is 2.17 bits per heavy atom. The number of hydrogen-bond acceptors (Lipinski definition) is 4. The van der Waals surface area contributed by atoms with Crippen molar-refractivity contribution in [3.05, 3.63) is 23.8 Å². The van der Waals surface area contributed by atoms with E-state index < -0.39 is 0 Å². The van der Waals surface area contributed by atoms with Crippen molar-refractivity contribution in [1.82, 2.24) is 0 Å². The van der Waals surface area contributed by atoms with Gasteiger partial charge >= 0.3 is 0 Å². The molecule has 0 atom stereocenters. The smallest absolute Gasteiger partial charge is 0.107 e. The third kappa shape index (κ3) is 3.86. The van der Waals surface area contributed by atoms with Crippen molar-refractivity contribution >= 4 is 34.7 Å². The summed E-state index contributed by atoms with van der Waals surface area (Å²) in [5, 5.41) is 3.44. The number of thiocarbonyl (C=S) groups is 1. The van der Waals surface area contributed by atoms with Crippen LogP contribution in [-0.2, 0) is 4.74 Å². The molecule has 0 saturated carbocycles. The summed E-state index contributed by atoms with van der Waals surface area (Å²) in [6.45, 7) is 4.75. The molecular weight excluding hydrogens is 264 g/mol. The molecule has 0 aliphatic rings. The molecule has 0 radical (unpaired) electrons. The summed E-state index contributed by atoms with van der Waals surface area (Å²) in [5.41, 5.74) is 7.52. The maximum absolute atomic E-state index is 5.83. The van der Waals surface area contributed by atoms with Crippen LogP contribution in [0.3, 0.4) is 0 Å². The van der Waals surface area contributed by atoms with E-state index in [1.807, 2.05) is 24.5 Å². The predicted octanol–water partition coefficient (Wildman–Crippen LogP) is 2.88. The van der Waals surface area contributed by atoms with E-state index in [1.54, 1.807) is 18.9 Å². The molecule has 1 aromatic rings. The molecule has 18 heavy (non-hydrogen) atoms. The van der Waals surface area contributed by atoms with Gasteiger partial charge in [-0.15, -0.1) is 11.8 Å². The minimum Gasteiger partial charge on any atom is -0.389 e. The van der Waals surface area contributed by atoms with E-state index in [9.17, 15) is 0 Å². The molecule has 5 heteroatoms. The molecule has 0 unspecified atom stereocenters. The van der Waals surface area contributed by atoms with Crippen LogP contribution in [0.2, 0.25) is 0 Å². The maximum Gasteiger partial charge on any atom is 0.107 e. The van der Waals surface area contributed by atoms with Crippen molar-refractivity contribution in [2.75, 3.05) is 25.3 Å². The van der Waals surface area contributed by atoms with Crippen LogP contribution in [0.25, 0.3) is 0 Å². The molecule has 0 spiro atoms. The fourth-order valence-corrected chi connectivity index (χ4v) is 2.74. The summed E-state index contributed by atoms with van der Waals surface area (Å²) in [6.07, 6.45) is 2.02. The fourth-order valence-electron chi connectivity index (χ4n) is 1.82. The zero-order chi connectivity index (χ0) is 13.8. The maximum atomic E-state index is 5.83. The molecule has 1 aromatic carbocycles. The highest BCUT2D eigenvalue weighted by Gasteiger charge is 2.20. The summed E-state index contributed by atoms with van der Waals surface area (Å²) in [4.78, 5) is 1.50. The van der Waals surface area contributed by atoms with E-state index in [4.69, 9.17) is 22.7 Å². The molecule has 0 aromatic heterocycles. The number of benzene rings is 1. The number of hydrogen-bond donors (Lipinski definition) is 2. The van der Waals surface area contributed by atoms with Crippen LogP contribution in [0.4, 0.5) is 5.69 Å². The minimum absolute atomic E-state index is 0.175. The number of methoxy groups -OCH3 is 1. The Hall–Kier alpha value is -0.780. The summed E-state index contributed by atoms with van der Waals surface area (Å²) in [6, 6.07) is 6.01. The number of rotatable bonds is 6.